The van der Waals surface area contributed by atoms with Crippen LogP contribution in [0.15, 0.2) is 62.3 Å². The number of aliphatic hydroxyl groups excluding tert-OH is 1. The van der Waals surface area contributed by atoms with Crippen LogP contribution in [0.3, 0.4) is 0 Å². The smallest absolute Gasteiger partial charge is 0.222 e. The number of Topliss-reactive ketones (excluding diaryl/α,β-unsaturated/α-hetero) is 1. The second kappa shape index (κ2) is 72.9. The summed E-state index contributed by atoms with van der Waals surface area (Å²) in [5.41, 5.74) is 24.2. The molecule has 0 saturated carbocycles. The van der Waals surface area contributed by atoms with Crippen LogP contribution in [0.2, 0.25) is 0 Å². The number of imidazole rings is 2. The molecule has 5 aromatic rings. The molecule has 1 aliphatic rings. The fourth-order valence-corrected chi connectivity index (χ4v) is 5.90. The second-order valence-electron chi connectivity index (χ2n) is 32.8. The van der Waals surface area contributed by atoms with Crippen LogP contribution in [0.25, 0.3) is 0 Å². The number of nitrogens with zero attached hydrogens (tertiary/aromatic N) is 16. The minimum absolute atomic E-state index is 0.00926. The summed E-state index contributed by atoms with van der Waals surface area (Å²) in [5.74, 6) is 9.63. The number of nitrogens with one attached hydrogen (secondary N) is 7. The van der Waals surface area contributed by atoms with Gasteiger partial charge in [-0.25, -0.2) is 9.97 Å². The lowest BCUT2D eigenvalue weighted by Crippen LogP contribution is -2.33. The molecule has 33 nitrogen and oxygen atoms in total. The fourth-order valence-electron chi connectivity index (χ4n) is 5.90. The highest BCUT2D eigenvalue weighted by atomic mass is 16.3. The van der Waals surface area contributed by atoms with Crippen molar-refractivity contribution in [3.63, 3.8) is 0 Å². The zero-order chi connectivity index (χ0) is 90.8. The molecule has 1 aliphatic heterocycles. The van der Waals surface area contributed by atoms with Gasteiger partial charge in [0.2, 0.25) is 23.6 Å². The van der Waals surface area contributed by atoms with Crippen LogP contribution in [0.5, 0.6) is 0 Å². The van der Waals surface area contributed by atoms with Crippen molar-refractivity contribution in [3.8, 4) is 0 Å². The Kier molecular flexibility index (Phi) is 77.1. The van der Waals surface area contributed by atoms with Crippen molar-refractivity contribution < 1.29 is 29.1 Å². The molecule has 0 aliphatic carbocycles. The van der Waals surface area contributed by atoms with Crippen LogP contribution in [0.4, 0.5) is 0 Å². The van der Waals surface area contributed by atoms with Gasteiger partial charge in [-0.05, 0) is 96.3 Å². The average Bonchev–Trinajstić information content (AvgIpc) is 1.85. The van der Waals surface area contributed by atoms with Gasteiger partial charge in [-0.3, -0.25) is 34.0 Å². The number of carbonyl (C=O) groups is 5. The van der Waals surface area contributed by atoms with Gasteiger partial charge in [-0.1, -0.05) is 237 Å². The number of carbonyl (C=O) groups excluding carboxylic acids is 5. The minimum atomic E-state index is -0.241. The molecule has 0 fully saturated rings. The van der Waals surface area contributed by atoms with Crippen molar-refractivity contribution in [2.45, 2.75) is 337 Å². The Bertz CT molecular complexity index is 2810. The van der Waals surface area contributed by atoms with Gasteiger partial charge in [0.15, 0.2) is 17.5 Å². The van der Waals surface area contributed by atoms with E-state index in [2.05, 4.69) is 187 Å². The normalized spacial score (nSPS) is 11.5. The molecular weight excluding hydrogens is 1450 g/mol. The molecule has 6 rings (SSSR count). The molecule has 0 saturated heterocycles. The number of hydrogen-bond acceptors (Lipinski definition) is 22. The first-order valence-electron chi connectivity index (χ1n) is 40.2. The van der Waals surface area contributed by atoms with Crippen molar-refractivity contribution >= 4 is 46.8 Å². The van der Waals surface area contributed by atoms with Gasteiger partial charge in [0.25, 0.3) is 0 Å². The van der Waals surface area contributed by atoms with Gasteiger partial charge >= 0.3 is 0 Å². The van der Waals surface area contributed by atoms with Gasteiger partial charge < -0.3 is 48.6 Å². The Morgan fingerprint density at radius 1 is 0.430 bits per heavy atom. The van der Waals surface area contributed by atoms with Crippen molar-refractivity contribution in [2.75, 3.05) is 6.54 Å². The largest absolute Gasteiger partial charge is 0.512 e. The number of hydrogen-bond donors (Lipinski definition) is 12. The lowest BCUT2D eigenvalue weighted by atomic mass is 9.99. The van der Waals surface area contributed by atoms with E-state index in [4.69, 9.17) is 28.0 Å². The van der Waals surface area contributed by atoms with E-state index in [1.165, 1.54) is 11.4 Å². The summed E-state index contributed by atoms with van der Waals surface area (Å²) in [5, 5.41) is 65.8. The summed E-state index contributed by atoms with van der Waals surface area (Å²) < 4.78 is 0. The van der Waals surface area contributed by atoms with E-state index in [0.29, 0.717) is 89.3 Å². The third-order valence-electron chi connectivity index (χ3n) is 13.4. The highest BCUT2D eigenvalue weighted by molar-refractivity contribution is 5.88. The highest BCUT2D eigenvalue weighted by Crippen LogP contribution is 2.12. The van der Waals surface area contributed by atoms with Gasteiger partial charge in [-0.2, -0.15) is 20.8 Å². The number of amidine groups is 2. The number of rotatable bonds is 21. The molecule has 660 valence electrons. The third-order valence-corrected chi connectivity index (χ3v) is 13.4. The number of amides is 4. The third kappa shape index (κ3) is 83.9. The SMILES string of the molecule is CC(C)/C=C(\O)C(C)C.CC(C)C(N)=O.CC(C)C(N)=O.CC(C)C1=NN=NC1.CC(C)CC(=O)C(C)C.CC(C)N=C(N)C(C)C.CC(C)N=C(N)C(C)C.CC(C)NC(=O)C(C)C.CC(C)NC(=O)C(C)C.CC(C)c1cnc[nH]1.CC(C)c1cnc[nH]1.CC(C)c1nn[nH]n1.CC(C)c1nn[nH]n1.CC(C)c1nn[nH]n1. The molecule has 5 aromatic heterocycles. The van der Waals surface area contributed by atoms with Crippen LogP contribution in [0, 0.1) is 65.1 Å². The van der Waals surface area contributed by atoms with E-state index in [9.17, 15) is 24.0 Å². The molecule has 4 amide bonds. The summed E-state index contributed by atoms with van der Waals surface area (Å²) >= 11 is 0. The van der Waals surface area contributed by atoms with Gasteiger partial charge in [0, 0.05) is 119 Å². The van der Waals surface area contributed by atoms with Crippen LogP contribution in [0.1, 0.15) is 342 Å². The predicted octanol–water partition coefficient (Wildman–Crippen LogP) is 15.9. The number of primary amides is 2. The number of aromatic amines is 5. The van der Waals surface area contributed by atoms with E-state index in [0.717, 1.165) is 41.3 Å². The number of allylic oxidation sites excluding steroid dienone is 2. The lowest BCUT2D eigenvalue weighted by Gasteiger charge is -2.09. The van der Waals surface area contributed by atoms with E-state index in [-0.39, 0.29) is 71.2 Å². The topological polar surface area (TPSA) is 516 Å². The number of aromatic nitrogens is 16. The molecule has 0 unspecified atom stereocenters. The Balaban J connectivity index is -0.000000177. The van der Waals surface area contributed by atoms with Crippen molar-refractivity contribution in [2.24, 2.45) is 113 Å². The summed E-state index contributed by atoms with van der Waals surface area (Å²) in [6, 6.07) is 1.18. The Morgan fingerprint density at radius 3 is 0.825 bits per heavy atom. The summed E-state index contributed by atoms with van der Waals surface area (Å²) in [7, 11) is 0. The number of aliphatic hydroxyl groups is 1. The Morgan fingerprint density at radius 2 is 0.737 bits per heavy atom. The van der Waals surface area contributed by atoms with Crippen LogP contribution >= 0.6 is 0 Å². The van der Waals surface area contributed by atoms with Crippen LogP contribution in [-0.4, -0.2) is 164 Å². The number of nitrogens with two attached hydrogens (primary N) is 4. The number of aliphatic imine (C=N–C) groups is 2. The molecule has 0 bridgehead atoms. The van der Waals surface area contributed by atoms with E-state index < -0.39 is 0 Å². The van der Waals surface area contributed by atoms with E-state index in [1.807, 2.05) is 198 Å². The minimum Gasteiger partial charge on any atom is -0.512 e. The monoisotopic (exact) mass is 1610 g/mol. The molecule has 0 spiro atoms. The maximum atomic E-state index is 11.0. The molecule has 33 heteroatoms. The first kappa shape index (κ1) is 121. The molecule has 0 aromatic carbocycles. The van der Waals surface area contributed by atoms with E-state index >= 15 is 0 Å². The highest BCUT2D eigenvalue weighted by Gasteiger charge is 2.11. The quantitative estimate of drug-likeness (QED) is 0.0184. The van der Waals surface area contributed by atoms with Crippen molar-refractivity contribution in [1.29, 1.82) is 0 Å². The zero-order valence-corrected chi connectivity index (χ0v) is 78.3. The Labute approximate surface area is 688 Å². The van der Waals surface area contributed by atoms with Gasteiger partial charge in [0.05, 0.1) is 35.8 Å². The maximum Gasteiger partial charge on any atom is 0.222 e. The maximum absolute atomic E-state index is 11.0. The Hall–Kier alpha value is -9.07. The average molecular weight is 1610 g/mol. The van der Waals surface area contributed by atoms with Crippen LogP contribution < -0.4 is 33.6 Å². The summed E-state index contributed by atoms with van der Waals surface area (Å²) in [6.45, 7) is 80.3. The fraction of sp³-hybridized carbons (Fsp3) is 0.765. The molecule has 114 heavy (non-hydrogen) atoms. The first-order chi connectivity index (χ1) is 52.3. The van der Waals surface area contributed by atoms with Crippen molar-refractivity contribution in [3.05, 3.63) is 65.7 Å². The lowest BCUT2D eigenvalue weighted by molar-refractivity contribution is -0.125. The van der Waals surface area contributed by atoms with Gasteiger partial charge in [0.1, 0.15) is 12.3 Å². The number of ketones is 1. The summed E-state index contributed by atoms with van der Waals surface area (Å²) in [4.78, 5) is 74.6. The molecule has 16 N–H and O–H groups in total. The summed E-state index contributed by atoms with van der Waals surface area (Å²) in [6.07, 6.45) is 9.72. The molecular formula is C81H165N27O6. The number of tetrazole rings is 3. The van der Waals surface area contributed by atoms with Crippen LogP contribution in [-0.2, 0) is 24.0 Å². The molecule has 6 heterocycles. The van der Waals surface area contributed by atoms with Gasteiger partial charge in [-0.15, -0.1) is 35.7 Å². The zero-order valence-electron chi connectivity index (χ0n) is 78.3. The number of H-pyrrole nitrogens is 5. The standard InChI is InChI=1S/2C8H16O.2C7H16N2.2C7H15NO.2C6H10N2.C5H9N3.3C4H8N4.2C4H9NO/c2*1-6(2)5-8(9)7(3)4;2*1-5(2)7(8)9-6(3)4;2*1-5(2)7(9)8-6(3)4;2*1-5(2)6-3-7-4-8-6;1-4(2)5-3-6-8-7-5;3*1-3(2)4-5-7-8-6-4;2*1-3(2)4(5)6/h6-7H,5H2,1-4H3;5-7,9H,1-4H3;2*5-6H,1-4H3,(H2,8,9);2*5-6H,1-4H3,(H,8,9);2*3-5H,1-2H3,(H,7,8);4H,3H2,1-2H3;3*3H,1-2H3,(H,5,6,7,8);2*3H,1-2H3,(H2,5,6)/b;8-5-;;;;;;;;;;;;. The predicted molar refractivity (Wildman–Crippen MR) is 469 cm³/mol. The molecule has 0 atom stereocenters. The first-order valence-corrected chi connectivity index (χ1v) is 40.2. The van der Waals surface area contributed by atoms with Crippen molar-refractivity contribution in [1.82, 2.24) is 92.4 Å². The van der Waals surface area contributed by atoms with E-state index in [1.54, 1.807) is 40.3 Å². The second-order valence-corrected chi connectivity index (χ2v) is 32.8. The molecule has 0 radical (unpaired) electrons.